The minimum Gasteiger partial charge on any atom is -1.00 e. The fourth-order valence-electron chi connectivity index (χ4n) is 0.321. The quantitative estimate of drug-likeness (QED) is 0.271. The normalized spacial score (nSPS) is 4.44. The standard InChI is InChI=1S/C5H5.CH3.2FH.Ti/c1-2-4-5-3-1;;;;/h1-5H;1H3;2*1H;/q2*-1;;;+4/p-2. The third kappa shape index (κ3) is 11.5. The topological polar surface area (TPSA) is 0 Å². The van der Waals surface area contributed by atoms with Crippen LogP contribution in [-0.4, -0.2) is 0 Å². The van der Waals surface area contributed by atoms with Gasteiger partial charge in [-0.15, -0.1) is 0 Å². The van der Waals surface area contributed by atoms with Crippen molar-refractivity contribution in [3.05, 3.63) is 37.8 Å². The van der Waals surface area contributed by atoms with E-state index in [0.29, 0.717) is 0 Å². The van der Waals surface area contributed by atoms with Crippen LogP contribution in [0.25, 0.3) is 0 Å². The second-order valence-corrected chi connectivity index (χ2v) is 0.962. The molecule has 0 amide bonds. The first kappa shape index (κ1) is 23.1. The SMILES string of the molecule is [CH3-].[F-].[F-].[Ti+4].c1cc[cH-]c1. The van der Waals surface area contributed by atoms with Gasteiger partial charge in [0.2, 0.25) is 0 Å². The molecule has 0 nitrogen and oxygen atoms in total. The van der Waals surface area contributed by atoms with E-state index < -0.39 is 0 Å². The molecular weight excluding hydrogens is 158 g/mol. The monoisotopic (exact) mass is 166 g/mol. The van der Waals surface area contributed by atoms with Crippen LogP contribution in [0.4, 0.5) is 0 Å². The molecule has 1 aromatic rings. The number of halogens is 2. The van der Waals surface area contributed by atoms with Crippen molar-refractivity contribution in [3.8, 4) is 0 Å². The van der Waals surface area contributed by atoms with Crippen LogP contribution in [0.3, 0.4) is 0 Å². The van der Waals surface area contributed by atoms with Gasteiger partial charge in [0.25, 0.3) is 0 Å². The number of hydrogen-bond donors (Lipinski definition) is 0. The van der Waals surface area contributed by atoms with Gasteiger partial charge in [-0.1, -0.05) is 0 Å². The van der Waals surface area contributed by atoms with Crippen LogP contribution < -0.4 is 9.41 Å². The van der Waals surface area contributed by atoms with Crippen molar-refractivity contribution in [2.45, 2.75) is 0 Å². The molecule has 0 bridgehead atoms. The van der Waals surface area contributed by atoms with E-state index in [0.717, 1.165) is 0 Å². The van der Waals surface area contributed by atoms with E-state index in [9.17, 15) is 0 Å². The molecule has 0 aliphatic carbocycles. The van der Waals surface area contributed by atoms with Crippen LogP contribution in [0.15, 0.2) is 30.3 Å². The predicted molar refractivity (Wildman–Crippen MR) is 28.4 cm³/mol. The summed E-state index contributed by atoms with van der Waals surface area (Å²) in [4.78, 5) is 0. The van der Waals surface area contributed by atoms with Crippen LogP contribution >= 0.6 is 0 Å². The Kier molecular flexibility index (Phi) is 40.2. The van der Waals surface area contributed by atoms with Gasteiger partial charge in [-0.25, -0.2) is 12.1 Å². The molecule has 1 rings (SSSR count). The largest absolute Gasteiger partial charge is 4.00 e. The molecular formula is C6H8F2Ti. The Morgan fingerprint density at radius 2 is 1.22 bits per heavy atom. The van der Waals surface area contributed by atoms with Crippen molar-refractivity contribution in [1.82, 2.24) is 0 Å². The number of hydrogen-bond acceptors (Lipinski definition) is 0. The fourth-order valence-corrected chi connectivity index (χ4v) is 0.321. The minimum atomic E-state index is 0. The van der Waals surface area contributed by atoms with Crippen LogP contribution in [-0.2, 0) is 21.7 Å². The molecule has 0 saturated carbocycles. The average molecular weight is 166 g/mol. The van der Waals surface area contributed by atoms with Gasteiger partial charge in [0.15, 0.2) is 0 Å². The summed E-state index contributed by atoms with van der Waals surface area (Å²) in [6.07, 6.45) is 0. The summed E-state index contributed by atoms with van der Waals surface area (Å²) in [5.41, 5.74) is 0. The Morgan fingerprint density at radius 3 is 1.33 bits per heavy atom. The van der Waals surface area contributed by atoms with Crippen LogP contribution in [0.1, 0.15) is 0 Å². The Balaban J connectivity index is -0.0000000312. The smallest absolute Gasteiger partial charge is 1.00 e. The van der Waals surface area contributed by atoms with E-state index in [-0.39, 0.29) is 38.6 Å². The van der Waals surface area contributed by atoms with Gasteiger partial charge in [0.1, 0.15) is 0 Å². The van der Waals surface area contributed by atoms with Crippen molar-refractivity contribution in [2.75, 3.05) is 0 Å². The van der Waals surface area contributed by atoms with Gasteiger partial charge in [-0.2, -0.15) is 18.2 Å². The van der Waals surface area contributed by atoms with E-state index in [1.54, 1.807) is 0 Å². The molecule has 0 spiro atoms. The molecule has 0 N–H and O–H groups in total. The summed E-state index contributed by atoms with van der Waals surface area (Å²) in [5, 5.41) is 0. The van der Waals surface area contributed by atoms with Crippen molar-refractivity contribution in [1.29, 1.82) is 0 Å². The molecule has 50 valence electrons. The van der Waals surface area contributed by atoms with E-state index in [4.69, 9.17) is 0 Å². The minimum absolute atomic E-state index is 0. The molecule has 0 unspecified atom stereocenters. The number of rotatable bonds is 0. The predicted octanol–water partition coefficient (Wildman–Crippen LogP) is -4.14. The zero-order valence-corrected chi connectivity index (χ0v) is 6.70. The first-order chi connectivity index (χ1) is 2.50. The summed E-state index contributed by atoms with van der Waals surface area (Å²) < 4.78 is 0. The molecule has 1 aromatic carbocycles. The third-order valence-electron chi connectivity index (χ3n) is 0.556. The summed E-state index contributed by atoms with van der Waals surface area (Å²) >= 11 is 0. The van der Waals surface area contributed by atoms with Gasteiger partial charge in [0, 0.05) is 0 Å². The van der Waals surface area contributed by atoms with Gasteiger partial charge >= 0.3 is 21.7 Å². The molecule has 9 heavy (non-hydrogen) atoms. The van der Waals surface area contributed by atoms with Gasteiger partial charge < -0.3 is 16.8 Å². The van der Waals surface area contributed by atoms with E-state index in [1.807, 2.05) is 30.3 Å². The second-order valence-electron chi connectivity index (χ2n) is 0.962. The molecule has 0 atom stereocenters. The summed E-state index contributed by atoms with van der Waals surface area (Å²) in [7, 11) is 0. The Hall–Kier alpha value is -0.0757. The van der Waals surface area contributed by atoms with Crippen molar-refractivity contribution >= 4 is 0 Å². The maximum Gasteiger partial charge on any atom is 4.00 e. The van der Waals surface area contributed by atoms with E-state index in [1.165, 1.54) is 0 Å². The molecule has 3 heteroatoms. The zero-order valence-electron chi connectivity index (χ0n) is 5.14. The molecule has 0 aliphatic heterocycles. The molecule has 0 saturated heterocycles. The molecule has 0 fully saturated rings. The van der Waals surface area contributed by atoms with Gasteiger partial charge in [0.05, 0.1) is 0 Å². The zero-order chi connectivity index (χ0) is 3.54. The van der Waals surface area contributed by atoms with Gasteiger partial charge in [-0.05, 0) is 0 Å². The Morgan fingerprint density at radius 1 is 0.889 bits per heavy atom. The molecule has 0 radical (unpaired) electrons. The third-order valence-corrected chi connectivity index (χ3v) is 0.556. The maximum absolute atomic E-state index is 2.00. The van der Waals surface area contributed by atoms with Crippen LogP contribution in [0.2, 0.25) is 0 Å². The van der Waals surface area contributed by atoms with Crippen LogP contribution in [0.5, 0.6) is 0 Å². The Labute approximate surface area is 69.3 Å². The molecule has 0 aromatic heterocycles. The van der Waals surface area contributed by atoms with E-state index >= 15 is 0 Å². The van der Waals surface area contributed by atoms with Gasteiger partial charge in [-0.3, -0.25) is 0 Å². The van der Waals surface area contributed by atoms with Crippen molar-refractivity contribution in [2.24, 2.45) is 0 Å². The first-order valence-electron chi connectivity index (χ1n) is 1.67. The first-order valence-corrected chi connectivity index (χ1v) is 1.67. The maximum atomic E-state index is 2.00. The summed E-state index contributed by atoms with van der Waals surface area (Å²) in [5.74, 6) is 0. The second kappa shape index (κ2) is 15.7. The van der Waals surface area contributed by atoms with Crippen molar-refractivity contribution in [3.63, 3.8) is 0 Å². The summed E-state index contributed by atoms with van der Waals surface area (Å²) in [6.45, 7) is 0. The van der Waals surface area contributed by atoms with Crippen LogP contribution in [0, 0.1) is 7.43 Å². The summed E-state index contributed by atoms with van der Waals surface area (Å²) in [6, 6.07) is 10.0. The fraction of sp³-hybridized carbons (Fsp3) is 0. The van der Waals surface area contributed by atoms with E-state index in [2.05, 4.69) is 0 Å². The molecule has 0 aliphatic rings. The Bertz CT molecular complexity index is 67.5. The molecule has 0 heterocycles. The average Bonchev–Trinajstić information content (AvgIpc) is 1.76. The van der Waals surface area contributed by atoms with Crippen molar-refractivity contribution < 1.29 is 31.1 Å².